The second-order valence-corrected chi connectivity index (χ2v) is 2.04. The van der Waals surface area contributed by atoms with Crippen LogP contribution in [-0.2, 0) is 14.3 Å². The maximum Gasteiger partial charge on any atom is 0.335 e. The van der Waals surface area contributed by atoms with Crippen molar-refractivity contribution in [3.63, 3.8) is 0 Å². The first kappa shape index (κ1) is 7.61. The van der Waals surface area contributed by atoms with E-state index in [9.17, 15) is 4.79 Å². The van der Waals surface area contributed by atoms with E-state index >= 15 is 0 Å². The average Bonchev–Trinajstić information content (AvgIpc) is 2.32. The predicted octanol–water partition coefficient (Wildman–Crippen LogP) is 0.356. The van der Waals surface area contributed by atoms with Gasteiger partial charge in [-0.05, 0) is 0 Å². The van der Waals surface area contributed by atoms with E-state index in [1.54, 1.807) is 0 Å². The molecule has 1 aliphatic rings. The van der Waals surface area contributed by atoms with E-state index in [1.165, 1.54) is 13.2 Å². The number of methoxy groups -OCH3 is 1. The number of hydrogen-bond donors (Lipinski definition) is 0. The number of nitrogens with zero attached hydrogens (tertiary/aromatic N) is 1. The van der Waals surface area contributed by atoms with Crippen molar-refractivity contribution in [2.24, 2.45) is 0 Å². The molecule has 0 aromatic heterocycles. The van der Waals surface area contributed by atoms with E-state index in [4.69, 9.17) is 14.7 Å². The van der Waals surface area contributed by atoms with Crippen molar-refractivity contribution in [1.82, 2.24) is 0 Å². The van der Waals surface area contributed by atoms with Gasteiger partial charge < -0.3 is 9.47 Å². The van der Waals surface area contributed by atoms with Gasteiger partial charge in [0.2, 0.25) is 0 Å². The number of carbonyl (C=O) groups excluding carboxylic acids is 1. The zero-order chi connectivity index (χ0) is 8.27. The monoisotopic (exact) mass is 153 g/mol. The molecule has 0 bridgehead atoms. The SMILES string of the molecule is COC1=CC(=O)OC1CC#N. The van der Waals surface area contributed by atoms with Gasteiger partial charge in [-0.25, -0.2) is 4.79 Å². The van der Waals surface area contributed by atoms with Crippen LogP contribution in [-0.4, -0.2) is 19.2 Å². The summed E-state index contributed by atoms with van der Waals surface area (Å²) in [5.74, 6) is -0.0151. The van der Waals surface area contributed by atoms with Gasteiger partial charge in [0.25, 0.3) is 0 Å². The highest BCUT2D eigenvalue weighted by atomic mass is 16.6. The van der Waals surface area contributed by atoms with Crippen molar-refractivity contribution >= 4 is 5.97 Å². The highest BCUT2D eigenvalue weighted by Crippen LogP contribution is 2.18. The summed E-state index contributed by atoms with van der Waals surface area (Å²) in [6, 6.07) is 1.90. The van der Waals surface area contributed by atoms with E-state index in [2.05, 4.69) is 0 Å². The molecule has 0 fully saturated rings. The molecule has 1 atom stereocenters. The Hall–Kier alpha value is -1.50. The number of nitriles is 1. The number of rotatable bonds is 2. The normalized spacial score (nSPS) is 22.0. The van der Waals surface area contributed by atoms with Gasteiger partial charge in [-0.15, -0.1) is 0 Å². The lowest BCUT2D eigenvalue weighted by atomic mass is 10.2. The summed E-state index contributed by atoms with van der Waals surface area (Å²) in [6.45, 7) is 0. The van der Waals surface area contributed by atoms with Crippen LogP contribution in [0.4, 0.5) is 0 Å². The average molecular weight is 153 g/mol. The summed E-state index contributed by atoms with van der Waals surface area (Å²) in [4.78, 5) is 10.6. The largest absolute Gasteiger partial charge is 0.497 e. The third kappa shape index (κ3) is 1.49. The van der Waals surface area contributed by atoms with Crippen LogP contribution < -0.4 is 0 Å². The molecule has 0 aromatic rings. The first-order chi connectivity index (χ1) is 5.27. The van der Waals surface area contributed by atoms with Gasteiger partial charge in [-0.3, -0.25) is 0 Å². The maximum atomic E-state index is 10.6. The Morgan fingerprint density at radius 2 is 2.64 bits per heavy atom. The third-order valence-corrected chi connectivity index (χ3v) is 1.35. The molecule has 4 heteroatoms. The first-order valence-electron chi connectivity index (χ1n) is 3.11. The molecule has 11 heavy (non-hydrogen) atoms. The van der Waals surface area contributed by atoms with E-state index in [1.807, 2.05) is 6.07 Å². The Bertz CT molecular complexity index is 239. The minimum atomic E-state index is -0.502. The molecule has 1 aliphatic heterocycles. The van der Waals surface area contributed by atoms with E-state index in [-0.39, 0.29) is 6.42 Å². The minimum Gasteiger partial charge on any atom is -0.497 e. The second kappa shape index (κ2) is 3.06. The van der Waals surface area contributed by atoms with Crippen LogP contribution in [0.3, 0.4) is 0 Å². The molecule has 4 nitrogen and oxygen atoms in total. The van der Waals surface area contributed by atoms with Crippen LogP contribution in [0.15, 0.2) is 11.8 Å². The molecule has 0 aromatic carbocycles. The van der Waals surface area contributed by atoms with E-state index in [0.717, 1.165) is 0 Å². The van der Waals surface area contributed by atoms with Crippen molar-refractivity contribution in [3.8, 4) is 6.07 Å². The Morgan fingerprint density at radius 1 is 1.91 bits per heavy atom. The zero-order valence-electron chi connectivity index (χ0n) is 6.03. The highest BCUT2D eigenvalue weighted by Gasteiger charge is 2.26. The molecular weight excluding hydrogens is 146 g/mol. The predicted molar refractivity (Wildman–Crippen MR) is 35.2 cm³/mol. The van der Waals surface area contributed by atoms with Crippen LogP contribution in [0.25, 0.3) is 0 Å². The molecule has 0 aliphatic carbocycles. The molecule has 0 N–H and O–H groups in total. The molecule has 0 saturated heterocycles. The molecule has 1 heterocycles. The number of hydrogen-bond acceptors (Lipinski definition) is 4. The van der Waals surface area contributed by atoms with Gasteiger partial charge in [0.05, 0.1) is 25.7 Å². The van der Waals surface area contributed by atoms with Crippen molar-refractivity contribution < 1.29 is 14.3 Å². The third-order valence-electron chi connectivity index (χ3n) is 1.35. The quantitative estimate of drug-likeness (QED) is 0.537. The maximum absolute atomic E-state index is 10.6. The summed E-state index contributed by atoms with van der Waals surface area (Å²) in [5, 5.41) is 8.30. The van der Waals surface area contributed by atoms with E-state index < -0.39 is 12.1 Å². The lowest BCUT2D eigenvalue weighted by Crippen LogP contribution is -2.11. The van der Waals surface area contributed by atoms with Gasteiger partial charge in [-0.1, -0.05) is 0 Å². The summed E-state index contributed by atoms with van der Waals surface area (Å²) in [7, 11) is 1.44. The Balaban J connectivity index is 2.65. The van der Waals surface area contributed by atoms with E-state index in [0.29, 0.717) is 5.76 Å². The minimum absolute atomic E-state index is 0.144. The summed E-state index contributed by atoms with van der Waals surface area (Å²) in [5.41, 5.74) is 0. The van der Waals surface area contributed by atoms with Crippen LogP contribution in [0.5, 0.6) is 0 Å². The second-order valence-electron chi connectivity index (χ2n) is 2.04. The standard InChI is InChI=1S/C7H7NO3/c1-10-6-4-7(9)11-5(6)2-3-8/h4-5H,2H2,1H3. The van der Waals surface area contributed by atoms with Crippen molar-refractivity contribution in [2.45, 2.75) is 12.5 Å². The summed E-state index contributed by atoms with van der Waals surface area (Å²) in [6.07, 6.45) is 0.894. The van der Waals surface area contributed by atoms with Gasteiger partial charge >= 0.3 is 5.97 Å². The van der Waals surface area contributed by atoms with Crippen molar-refractivity contribution in [2.75, 3.05) is 7.11 Å². The number of cyclic esters (lactones) is 1. The van der Waals surface area contributed by atoms with Crippen LogP contribution in [0.1, 0.15) is 6.42 Å². The fraction of sp³-hybridized carbons (Fsp3) is 0.429. The number of ether oxygens (including phenoxy) is 2. The molecule has 0 spiro atoms. The van der Waals surface area contributed by atoms with Crippen molar-refractivity contribution in [1.29, 1.82) is 5.26 Å². The Labute approximate surface area is 64.0 Å². The van der Waals surface area contributed by atoms with Gasteiger partial charge in [0.15, 0.2) is 6.10 Å². The Morgan fingerprint density at radius 3 is 3.18 bits per heavy atom. The van der Waals surface area contributed by atoms with Crippen LogP contribution >= 0.6 is 0 Å². The van der Waals surface area contributed by atoms with Gasteiger partial charge in [0, 0.05) is 0 Å². The van der Waals surface area contributed by atoms with Crippen molar-refractivity contribution in [3.05, 3.63) is 11.8 Å². The summed E-state index contributed by atoms with van der Waals surface area (Å²) >= 11 is 0. The summed E-state index contributed by atoms with van der Waals surface area (Å²) < 4.78 is 9.54. The smallest absolute Gasteiger partial charge is 0.335 e. The van der Waals surface area contributed by atoms with Crippen LogP contribution in [0.2, 0.25) is 0 Å². The Kier molecular flexibility index (Phi) is 2.12. The number of carbonyl (C=O) groups is 1. The van der Waals surface area contributed by atoms with Crippen LogP contribution in [0, 0.1) is 11.3 Å². The molecule has 1 unspecified atom stereocenters. The molecule has 0 saturated carbocycles. The van der Waals surface area contributed by atoms with Gasteiger partial charge in [-0.2, -0.15) is 5.26 Å². The molecule has 0 amide bonds. The topological polar surface area (TPSA) is 59.3 Å². The molecule has 0 radical (unpaired) electrons. The highest BCUT2D eigenvalue weighted by molar-refractivity contribution is 5.85. The number of esters is 1. The lowest BCUT2D eigenvalue weighted by molar-refractivity contribution is -0.139. The fourth-order valence-corrected chi connectivity index (χ4v) is 0.857. The molecule has 58 valence electrons. The molecular formula is C7H7NO3. The van der Waals surface area contributed by atoms with Gasteiger partial charge in [0.1, 0.15) is 5.76 Å². The first-order valence-corrected chi connectivity index (χ1v) is 3.11. The molecule has 1 rings (SSSR count). The fourth-order valence-electron chi connectivity index (χ4n) is 0.857. The lowest BCUT2D eigenvalue weighted by Gasteiger charge is -2.07. The zero-order valence-corrected chi connectivity index (χ0v) is 6.03.